The van der Waals surface area contributed by atoms with E-state index < -0.39 is 0 Å². The second-order valence-corrected chi connectivity index (χ2v) is 6.66. The Morgan fingerprint density at radius 3 is 2.83 bits per heavy atom. The van der Waals surface area contributed by atoms with E-state index in [0.29, 0.717) is 0 Å². The fraction of sp³-hybridized carbons (Fsp3) is 0.471. The average molecular weight is 449 g/mol. The smallest absolute Gasteiger partial charge is 0.191 e. The predicted octanol–water partition coefficient (Wildman–Crippen LogP) is 3.56. The van der Waals surface area contributed by atoms with E-state index in [-0.39, 0.29) is 35.2 Å². The van der Waals surface area contributed by atoms with E-state index in [4.69, 9.17) is 0 Å². The number of aliphatic imine (C=N–C) groups is 1. The van der Waals surface area contributed by atoms with Gasteiger partial charge in [-0.2, -0.15) is 11.8 Å². The van der Waals surface area contributed by atoms with E-state index in [1.54, 1.807) is 19.2 Å². The van der Waals surface area contributed by atoms with Crippen LogP contribution in [0.25, 0.3) is 0 Å². The van der Waals surface area contributed by atoms with Gasteiger partial charge in [-0.3, -0.25) is 4.99 Å². The monoisotopic (exact) mass is 449 g/mol. The maximum atomic E-state index is 13.4. The molecule has 1 saturated carbocycles. The van der Waals surface area contributed by atoms with Crippen molar-refractivity contribution >= 4 is 41.7 Å². The number of rotatable bonds is 8. The lowest BCUT2D eigenvalue weighted by molar-refractivity contribution is 0.607. The van der Waals surface area contributed by atoms with Crippen molar-refractivity contribution in [2.45, 2.75) is 18.3 Å². The van der Waals surface area contributed by atoms with Crippen LogP contribution in [0.4, 0.5) is 4.39 Å². The molecule has 6 heteroatoms. The Labute approximate surface area is 159 Å². The van der Waals surface area contributed by atoms with Gasteiger partial charge in [0, 0.05) is 37.1 Å². The largest absolute Gasteiger partial charge is 0.356 e. The molecular formula is C17H25FIN3S. The molecule has 0 aliphatic heterocycles. The van der Waals surface area contributed by atoms with Gasteiger partial charge in [0.05, 0.1) is 0 Å². The predicted molar refractivity (Wildman–Crippen MR) is 110 cm³/mol. The number of nitrogens with one attached hydrogen (secondary N) is 2. The summed E-state index contributed by atoms with van der Waals surface area (Å²) in [5.74, 6) is 2.63. The molecule has 0 saturated heterocycles. The molecule has 0 aromatic heterocycles. The molecule has 3 nitrogen and oxygen atoms in total. The van der Waals surface area contributed by atoms with E-state index in [0.717, 1.165) is 49.0 Å². The highest BCUT2D eigenvalue weighted by Crippen LogP contribution is 2.47. The Kier molecular flexibility index (Phi) is 8.98. The highest BCUT2D eigenvalue weighted by Gasteiger charge is 2.44. The van der Waals surface area contributed by atoms with E-state index >= 15 is 0 Å². The van der Waals surface area contributed by atoms with Crippen molar-refractivity contribution in [2.75, 3.05) is 31.6 Å². The molecule has 23 heavy (non-hydrogen) atoms. The fourth-order valence-corrected chi connectivity index (χ4v) is 3.00. The number of hydrogen-bond acceptors (Lipinski definition) is 2. The zero-order valence-electron chi connectivity index (χ0n) is 13.5. The molecule has 0 heterocycles. The van der Waals surface area contributed by atoms with E-state index in [1.165, 1.54) is 6.07 Å². The molecule has 0 bridgehead atoms. The van der Waals surface area contributed by atoms with Crippen molar-refractivity contribution in [2.24, 2.45) is 4.99 Å². The lowest BCUT2D eigenvalue weighted by atomic mass is 9.96. The molecule has 2 N–H and O–H groups in total. The number of guanidine groups is 1. The zero-order chi connectivity index (χ0) is 15.8. The normalized spacial score (nSPS) is 15.5. The van der Waals surface area contributed by atoms with Gasteiger partial charge in [-0.25, -0.2) is 4.39 Å². The van der Waals surface area contributed by atoms with Gasteiger partial charge in [-0.05, 0) is 30.5 Å². The van der Waals surface area contributed by atoms with Crippen LogP contribution in [0.5, 0.6) is 0 Å². The highest BCUT2D eigenvalue weighted by molar-refractivity contribution is 14.0. The lowest BCUT2D eigenvalue weighted by Gasteiger charge is -2.19. The van der Waals surface area contributed by atoms with E-state index in [9.17, 15) is 4.39 Å². The van der Waals surface area contributed by atoms with Gasteiger partial charge < -0.3 is 10.6 Å². The summed E-state index contributed by atoms with van der Waals surface area (Å²) in [5, 5.41) is 6.67. The standard InChI is InChI=1S/C17H24FN3S.HI/c1-3-10-22-11-9-20-16(19-2)21-13-17(7-8-17)14-5-4-6-15(18)12-14;/h3-6,12H,1,7-11,13H2,2H3,(H2,19,20,21);1H. The minimum Gasteiger partial charge on any atom is -0.356 e. The van der Waals surface area contributed by atoms with Crippen molar-refractivity contribution in [3.63, 3.8) is 0 Å². The SMILES string of the molecule is C=CCSCCNC(=NC)NCC1(c2cccc(F)c2)CC1.I. The summed E-state index contributed by atoms with van der Waals surface area (Å²) in [5.41, 5.74) is 1.15. The second kappa shape index (κ2) is 10.2. The molecule has 0 radical (unpaired) electrons. The molecular weight excluding hydrogens is 424 g/mol. The molecule has 2 rings (SSSR count). The van der Waals surface area contributed by atoms with Gasteiger partial charge in [-0.15, -0.1) is 30.6 Å². The van der Waals surface area contributed by atoms with Crippen molar-refractivity contribution in [3.8, 4) is 0 Å². The first kappa shape index (κ1) is 20.3. The van der Waals surface area contributed by atoms with Gasteiger partial charge in [0.2, 0.25) is 0 Å². The third kappa shape index (κ3) is 6.33. The van der Waals surface area contributed by atoms with Crippen molar-refractivity contribution in [1.29, 1.82) is 0 Å². The van der Waals surface area contributed by atoms with E-state index in [1.807, 2.05) is 23.9 Å². The van der Waals surface area contributed by atoms with Crippen LogP contribution in [0.15, 0.2) is 41.9 Å². The van der Waals surface area contributed by atoms with Gasteiger partial charge in [0.1, 0.15) is 5.82 Å². The molecule has 1 aromatic carbocycles. The summed E-state index contributed by atoms with van der Waals surface area (Å²) in [6, 6.07) is 6.94. The molecule has 128 valence electrons. The first-order chi connectivity index (χ1) is 10.7. The number of benzene rings is 1. The van der Waals surface area contributed by atoms with Crippen LogP contribution >= 0.6 is 35.7 Å². The van der Waals surface area contributed by atoms with Crippen LogP contribution < -0.4 is 10.6 Å². The maximum absolute atomic E-state index is 13.4. The average Bonchev–Trinajstić information content (AvgIpc) is 3.31. The molecule has 1 aliphatic rings. The summed E-state index contributed by atoms with van der Waals surface area (Å²) in [7, 11) is 1.77. The Balaban J connectivity index is 0.00000264. The molecule has 1 fully saturated rings. The van der Waals surface area contributed by atoms with E-state index in [2.05, 4.69) is 22.2 Å². The maximum Gasteiger partial charge on any atom is 0.191 e. The van der Waals surface area contributed by atoms with Gasteiger partial charge in [0.25, 0.3) is 0 Å². The number of hydrogen-bond donors (Lipinski definition) is 2. The topological polar surface area (TPSA) is 36.4 Å². The van der Waals surface area contributed by atoms with Crippen LogP contribution in [0, 0.1) is 5.82 Å². The summed E-state index contributed by atoms with van der Waals surface area (Å²) in [6.07, 6.45) is 4.10. The zero-order valence-corrected chi connectivity index (χ0v) is 16.6. The van der Waals surface area contributed by atoms with Gasteiger partial charge in [-0.1, -0.05) is 18.2 Å². The van der Waals surface area contributed by atoms with Crippen molar-refractivity contribution < 1.29 is 4.39 Å². The number of halogens is 2. The first-order valence-corrected chi connectivity index (χ1v) is 8.75. The first-order valence-electron chi connectivity index (χ1n) is 7.59. The molecule has 0 atom stereocenters. The third-order valence-corrected chi connectivity index (χ3v) is 4.85. The molecule has 0 spiro atoms. The molecule has 0 amide bonds. The van der Waals surface area contributed by atoms with Crippen LogP contribution in [-0.4, -0.2) is 37.6 Å². The minimum atomic E-state index is -0.162. The van der Waals surface area contributed by atoms with Gasteiger partial charge >= 0.3 is 0 Å². The Hall–Kier alpha value is -0.760. The Morgan fingerprint density at radius 2 is 2.22 bits per heavy atom. The minimum absolute atomic E-state index is 0. The molecule has 1 aliphatic carbocycles. The summed E-state index contributed by atoms with van der Waals surface area (Å²) in [6.45, 7) is 5.36. The van der Waals surface area contributed by atoms with Crippen LogP contribution in [-0.2, 0) is 5.41 Å². The van der Waals surface area contributed by atoms with Crippen LogP contribution in [0.2, 0.25) is 0 Å². The van der Waals surface area contributed by atoms with Crippen LogP contribution in [0.1, 0.15) is 18.4 Å². The summed E-state index contributed by atoms with van der Waals surface area (Å²) in [4.78, 5) is 4.24. The summed E-state index contributed by atoms with van der Waals surface area (Å²) < 4.78 is 13.4. The Morgan fingerprint density at radius 1 is 1.43 bits per heavy atom. The van der Waals surface area contributed by atoms with Crippen molar-refractivity contribution in [3.05, 3.63) is 48.3 Å². The number of nitrogens with zero attached hydrogens (tertiary/aromatic N) is 1. The second-order valence-electron chi connectivity index (χ2n) is 5.51. The molecule has 0 unspecified atom stereocenters. The fourth-order valence-electron chi connectivity index (χ4n) is 2.42. The number of thioether (sulfide) groups is 1. The Bertz CT molecular complexity index is 532. The summed E-state index contributed by atoms with van der Waals surface area (Å²) >= 11 is 1.84. The molecule has 1 aromatic rings. The van der Waals surface area contributed by atoms with Crippen LogP contribution in [0.3, 0.4) is 0 Å². The van der Waals surface area contributed by atoms with Gasteiger partial charge in [0.15, 0.2) is 5.96 Å². The highest BCUT2D eigenvalue weighted by atomic mass is 127. The third-order valence-electron chi connectivity index (χ3n) is 3.88. The quantitative estimate of drug-likeness (QED) is 0.210. The van der Waals surface area contributed by atoms with Crippen molar-refractivity contribution in [1.82, 2.24) is 10.6 Å². The lowest BCUT2D eigenvalue weighted by Crippen LogP contribution is -2.42.